The normalized spacial score (nSPS) is 24.2. The third kappa shape index (κ3) is 0.682. The highest BCUT2D eigenvalue weighted by Crippen LogP contribution is 2.39. The second-order valence-electron chi connectivity index (χ2n) is 3.41. The Hall–Kier alpha value is -1.25. The van der Waals surface area contributed by atoms with Gasteiger partial charge in [0.1, 0.15) is 5.82 Å². The molecule has 3 heteroatoms. The van der Waals surface area contributed by atoms with Gasteiger partial charge >= 0.3 is 0 Å². The number of hydrogen-bond donors (Lipinski definition) is 2. The molecule has 0 amide bonds. The number of aromatic nitrogens is 1. The van der Waals surface area contributed by atoms with Crippen molar-refractivity contribution in [2.24, 2.45) is 0 Å². The molecule has 3 nitrogen and oxygen atoms in total. The van der Waals surface area contributed by atoms with Gasteiger partial charge in [-0.3, -0.25) is 0 Å². The van der Waals surface area contributed by atoms with Gasteiger partial charge in [-0.25, -0.2) is 4.98 Å². The highest BCUT2D eigenvalue weighted by Gasteiger charge is 2.28. The van der Waals surface area contributed by atoms with Crippen LogP contribution in [0.3, 0.4) is 0 Å². The average molecular weight is 161 g/mol. The summed E-state index contributed by atoms with van der Waals surface area (Å²) in [5.41, 5.74) is 2.69. The molecular formula is C9H11N3. The largest absolute Gasteiger partial charge is 0.385 e. The molecule has 1 atom stereocenters. The molecule has 0 fully saturated rings. The van der Waals surface area contributed by atoms with E-state index in [1.807, 2.05) is 6.20 Å². The van der Waals surface area contributed by atoms with Crippen LogP contribution < -0.4 is 10.6 Å². The molecule has 0 aromatic carbocycles. The standard InChI is InChI=1S/C9H11N3/c1-3-10-7-2-4-11-9-8(7)6(1)5-12-9/h2,4,6,10H,1,3,5H2,(H,11,12). The average Bonchev–Trinajstić information content (AvgIpc) is 2.52. The monoisotopic (exact) mass is 161 g/mol. The van der Waals surface area contributed by atoms with Crippen molar-refractivity contribution >= 4 is 11.5 Å². The molecule has 0 radical (unpaired) electrons. The Morgan fingerprint density at radius 1 is 1.42 bits per heavy atom. The summed E-state index contributed by atoms with van der Waals surface area (Å²) in [6.07, 6.45) is 3.10. The van der Waals surface area contributed by atoms with Crippen LogP contribution in [0.15, 0.2) is 12.3 Å². The summed E-state index contributed by atoms with van der Waals surface area (Å²) in [4.78, 5) is 4.30. The van der Waals surface area contributed by atoms with E-state index in [2.05, 4.69) is 21.7 Å². The van der Waals surface area contributed by atoms with Crippen molar-refractivity contribution in [2.45, 2.75) is 12.3 Å². The molecule has 62 valence electrons. The first-order valence-electron chi connectivity index (χ1n) is 4.42. The third-order valence-electron chi connectivity index (χ3n) is 2.72. The van der Waals surface area contributed by atoms with E-state index in [9.17, 15) is 0 Å². The molecule has 0 saturated heterocycles. The maximum atomic E-state index is 4.30. The topological polar surface area (TPSA) is 37.0 Å². The summed E-state index contributed by atoms with van der Waals surface area (Å²) in [5.74, 6) is 1.79. The molecule has 0 bridgehead atoms. The number of anilines is 2. The quantitative estimate of drug-likeness (QED) is 0.604. The van der Waals surface area contributed by atoms with Crippen LogP contribution in [-0.2, 0) is 0 Å². The molecule has 0 aliphatic carbocycles. The summed E-state index contributed by atoms with van der Waals surface area (Å²) in [6, 6.07) is 2.07. The summed E-state index contributed by atoms with van der Waals surface area (Å²) >= 11 is 0. The lowest BCUT2D eigenvalue weighted by Gasteiger charge is -2.21. The van der Waals surface area contributed by atoms with Crippen molar-refractivity contribution in [1.82, 2.24) is 4.98 Å². The van der Waals surface area contributed by atoms with Crippen molar-refractivity contribution in [2.75, 3.05) is 23.7 Å². The highest BCUT2D eigenvalue weighted by atomic mass is 15.0. The fraction of sp³-hybridized carbons (Fsp3) is 0.444. The SMILES string of the molecule is c1cc2c3c(n1)NCC3CCN2. The van der Waals surface area contributed by atoms with Gasteiger partial charge < -0.3 is 10.6 Å². The van der Waals surface area contributed by atoms with Crippen molar-refractivity contribution < 1.29 is 0 Å². The predicted octanol–water partition coefficient (Wildman–Crippen LogP) is 1.41. The fourth-order valence-electron chi connectivity index (χ4n) is 2.13. The zero-order chi connectivity index (χ0) is 7.97. The zero-order valence-electron chi connectivity index (χ0n) is 6.80. The fourth-order valence-corrected chi connectivity index (χ4v) is 2.13. The van der Waals surface area contributed by atoms with Crippen molar-refractivity contribution in [1.29, 1.82) is 0 Å². The van der Waals surface area contributed by atoms with Crippen LogP contribution in [0.4, 0.5) is 11.5 Å². The lowest BCUT2D eigenvalue weighted by Crippen LogP contribution is -2.16. The Morgan fingerprint density at radius 2 is 2.42 bits per heavy atom. The van der Waals surface area contributed by atoms with Crippen LogP contribution in [0, 0.1) is 0 Å². The number of nitrogens with zero attached hydrogens (tertiary/aromatic N) is 1. The second kappa shape index (κ2) is 2.12. The maximum Gasteiger partial charge on any atom is 0.131 e. The molecule has 3 rings (SSSR count). The Labute approximate surface area is 71.2 Å². The van der Waals surface area contributed by atoms with E-state index < -0.39 is 0 Å². The molecule has 1 aromatic heterocycles. The van der Waals surface area contributed by atoms with Crippen LogP contribution in [0.5, 0.6) is 0 Å². The van der Waals surface area contributed by atoms with E-state index in [4.69, 9.17) is 0 Å². The van der Waals surface area contributed by atoms with E-state index in [1.165, 1.54) is 17.7 Å². The second-order valence-corrected chi connectivity index (χ2v) is 3.41. The van der Waals surface area contributed by atoms with Gasteiger partial charge in [-0.05, 0) is 12.5 Å². The molecule has 0 spiro atoms. The summed E-state index contributed by atoms with van der Waals surface area (Å²) < 4.78 is 0. The number of pyridine rings is 1. The molecule has 2 aliphatic heterocycles. The molecule has 2 aliphatic rings. The number of hydrogen-bond acceptors (Lipinski definition) is 3. The molecule has 1 aromatic rings. The molecule has 3 heterocycles. The van der Waals surface area contributed by atoms with E-state index in [0.29, 0.717) is 5.92 Å². The highest BCUT2D eigenvalue weighted by molar-refractivity contribution is 5.67. The van der Waals surface area contributed by atoms with E-state index in [-0.39, 0.29) is 0 Å². The number of nitrogens with one attached hydrogen (secondary N) is 2. The maximum absolute atomic E-state index is 4.30. The summed E-state index contributed by atoms with van der Waals surface area (Å²) in [6.45, 7) is 2.17. The minimum absolute atomic E-state index is 0.699. The first-order chi connectivity index (χ1) is 5.95. The molecular weight excluding hydrogens is 150 g/mol. The molecule has 1 unspecified atom stereocenters. The van der Waals surface area contributed by atoms with Gasteiger partial charge in [-0.1, -0.05) is 0 Å². The summed E-state index contributed by atoms with van der Waals surface area (Å²) in [5, 5.41) is 6.72. The van der Waals surface area contributed by atoms with E-state index in [0.717, 1.165) is 18.9 Å². The van der Waals surface area contributed by atoms with E-state index >= 15 is 0 Å². The smallest absolute Gasteiger partial charge is 0.131 e. The lowest BCUT2D eigenvalue weighted by molar-refractivity contribution is 0.681. The van der Waals surface area contributed by atoms with Crippen LogP contribution in [-0.4, -0.2) is 18.1 Å². The number of rotatable bonds is 0. The lowest BCUT2D eigenvalue weighted by atomic mass is 9.95. The van der Waals surface area contributed by atoms with Gasteiger partial charge in [0.15, 0.2) is 0 Å². The molecule has 2 N–H and O–H groups in total. The Kier molecular flexibility index (Phi) is 1.11. The van der Waals surface area contributed by atoms with Gasteiger partial charge in [-0.15, -0.1) is 0 Å². The Balaban J connectivity index is 2.23. The Bertz CT molecular complexity index is 322. The van der Waals surface area contributed by atoms with Gasteiger partial charge in [-0.2, -0.15) is 0 Å². The van der Waals surface area contributed by atoms with Gasteiger partial charge in [0.2, 0.25) is 0 Å². The van der Waals surface area contributed by atoms with Gasteiger partial charge in [0, 0.05) is 36.5 Å². The van der Waals surface area contributed by atoms with Crippen LogP contribution in [0.1, 0.15) is 17.9 Å². The Morgan fingerprint density at radius 3 is 3.42 bits per heavy atom. The first-order valence-corrected chi connectivity index (χ1v) is 4.42. The van der Waals surface area contributed by atoms with E-state index in [1.54, 1.807) is 0 Å². The first kappa shape index (κ1) is 6.29. The minimum Gasteiger partial charge on any atom is -0.385 e. The predicted molar refractivity (Wildman–Crippen MR) is 48.6 cm³/mol. The van der Waals surface area contributed by atoms with Crippen molar-refractivity contribution in [3.05, 3.63) is 17.8 Å². The van der Waals surface area contributed by atoms with Crippen LogP contribution >= 0.6 is 0 Å². The molecule has 0 saturated carbocycles. The van der Waals surface area contributed by atoms with Crippen molar-refractivity contribution in [3.8, 4) is 0 Å². The van der Waals surface area contributed by atoms with Crippen LogP contribution in [0.2, 0.25) is 0 Å². The van der Waals surface area contributed by atoms with Crippen molar-refractivity contribution in [3.63, 3.8) is 0 Å². The minimum atomic E-state index is 0.699. The zero-order valence-corrected chi connectivity index (χ0v) is 6.80. The summed E-state index contributed by atoms with van der Waals surface area (Å²) in [7, 11) is 0. The molecule has 12 heavy (non-hydrogen) atoms. The van der Waals surface area contributed by atoms with Crippen LogP contribution in [0.25, 0.3) is 0 Å². The van der Waals surface area contributed by atoms with Gasteiger partial charge in [0.25, 0.3) is 0 Å². The third-order valence-corrected chi connectivity index (χ3v) is 2.72. The van der Waals surface area contributed by atoms with Gasteiger partial charge in [0.05, 0.1) is 0 Å².